The van der Waals surface area contributed by atoms with Crippen molar-refractivity contribution in [2.75, 3.05) is 19.0 Å². The SMILES string of the molecule is CCCCCCCCCCCCCCOc1cc(CC(=O)Nc2ccc(C[n+]3csc(C)c3)cc2)ccc1OC. The lowest BCUT2D eigenvalue weighted by Gasteiger charge is -2.13. The van der Waals surface area contributed by atoms with Crippen LogP contribution in [-0.2, 0) is 17.8 Å². The topological polar surface area (TPSA) is 51.4 Å². The molecule has 0 aliphatic rings. The predicted molar refractivity (Wildman–Crippen MR) is 167 cm³/mol. The lowest BCUT2D eigenvalue weighted by Crippen LogP contribution is -2.30. The summed E-state index contributed by atoms with van der Waals surface area (Å²) in [5.41, 5.74) is 5.03. The molecule has 2 aromatic carbocycles. The second kappa shape index (κ2) is 18.5. The van der Waals surface area contributed by atoms with Crippen molar-refractivity contribution >= 4 is 22.9 Å². The van der Waals surface area contributed by atoms with Crippen LogP contribution >= 0.6 is 11.3 Å². The second-order valence-electron chi connectivity index (χ2n) is 10.8. The van der Waals surface area contributed by atoms with Gasteiger partial charge in [0.05, 0.1) is 25.0 Å². The molecule has 0 fully saturated rings. The molecule has 1 amide bonds. The third-order valence-corrected chi connectivity index (χ3v) is 8.03. The minimum Gasteiger partial charge on any atom is -0.493 e. The van der Waals surface area contributed by atoms with Crippen molar-refractivity contribution in [3.8, 4) is 11.5 Å². The van der Waals surface area contributed by atoms with Crippen molar-refractivity contribution in [2.45, 2.75) is 104 Å². The molecular weight excluding hydrogens is 516 g/mol. The average Bonchev–Trinajstić information content (AvgIpc) is 3.36. The molecule has 0 unspecified atom stereocenters. The zero-order valence-electron chi connectivity index (χ0n) is 24.9. The van der Waals surface area contributed by atoms with Gasteiger partial charge < -0.3 is 14.8 Å². The number of aromatic nitrogens is 1. The zero-order valence-corrected chi connectivity index (χ0v) is 25.7. The summed E-state index contributed by atoms with van der Waals surface area (Å²) in [6.07, 6.45) is 18.3. The van der Waals surface area contributed by atoms with Gasteiger partial charge in [-0.25, -0.2) is 0 Å². The summed E-state index contributed by atoms with van der Waals surface area (Å²) in [6, 6.07) is 13.8. The molecule has 1 heterocycles. The number of hydrogen-bond acceptors (Lipinski definition) is 4. The Balaban J connectivity index is 1.34. The Morgan fingerprint density at radius 1 is 0.825 bits per heavy atom. The number of rotatable bonds is 20. The number of amides is 1. The predicted octanol–water partition coefficient (Wildman–Crippen LogP) is 8.66. The summed E-state index contributed by atoms with van der Waals surface area (Å²) < 4.78 is 13.7. The lowest BCUT2D eigenvalue weighted by atomic mass is 10.1. The molecule has 6 heteroatoms. The Labute approximate surface area is 245 Å². The van der Waals surface area contributed by atoms with Crippen LogP contribution < -0.4 is 19.4 Å². The molecule has 3 aromatic rings. The molecule has 1 aromatic heterocycles. The highest BCUT2D eigenvalue weighted by Gasteiger charge is 2.11. The van der Waals surface area contributed by atoms with Gasteiger partial charge in [0.1, 0.15) is 0 Å². The first-order chi connectivity index (χ1) is 19.6. The van der Waals surface area contributed by atoms with Crippen molar-refractivity contribution in [3.63, 3.8) is 0 Å². The van der Waals surface area contributed by atoms with Gasteiger partial charge in [-0.15, -0.1) is 0 Å². The van der Waals surface area contributed by atoms with E-state index in [1.54, 1.807) is 18.4 Å². The van der Waals surface area contributed by atoms with Crippen LogP contribution in [0.1, 0.15) is 100.0 Å². The highest BCUT2D eigenvalue weighted by molar-refractivity contribution is 7.09. The van der Waals surface area contributed by atoms with Gasteiger partial charge >= 0.3 is 0 Å². The summed E-state index contributed by atoms with van der Waals surface area (Å²) in [4.78, 5) is 14.0. The molecule has 0 aliphatic heterocycles. The van der Waals surface area contributed by atoms with Gasteiger partial charge in [-0.3, -0.25) is 4.79 Å². The fourth-order valence-corrected chi connectivity index (χ4v) is 5.53. The summed E-state index contributed by atoms with van der Waals surface area (Å²) >= 11 is 1.74. The van der Waals surface area contributed by atoms with Crippen LogP contribution in [0.4, 0.5) is 5.69 Å². The van der Waals surface area contributed by atoms with E-state index in [1.165, 1.54) is 81.1 Å². The Morgan fingerprint density at radius 2 is 1.45 bits per heavy atom. The molecule has 0 radical (unpaired) electrons. The highest BCUT2D eigenvalue weighted by Crippen LogP contribution is 2.29. The molecule has 1 N–H and O–H groups in total. The van der Waals surface area contributed by atoms with E-state index in [0.717, 1.165) is 24.2 Å². The average molecular weight is 566 g/mol. The van der Waals surface area contributed by atoms with E-state index in [4.69, 9.17) is 9.47 Å². The fourth-order valence-electron chi connectivity index (χ4n) is 4.89. The minimum atomic E-state index is -0.0485. The van der Waals surface area contributed by atoms with Crippen molar-refractivity contribution in [2.24, 2.45) is 0 Å². The van der Waals surface area contributed by atoms with Gasteiger partial charge in [-0.1, -0.05) is 107 Å². The van der Waals surface area contributed by atoms with Crippen LogP contribution in [-0.4, -0.2) is 19.6 Å². The van der Waals surface area contributed by atoms with Gasteiger partial charge in [0.25, 0.3) is 0 Å². The smallest absolute Gasteiger partial charge is 0.228 e. The third-order valence-electron chi connectivity index (χ3n) is 7.17. The summed E-state index contributed by atoms with van der Waals surface area (Å²) in [5, 5.41) is 3.01. The monoisotopic (exact) mass is 565 g/mol. The van der Waals surface area contributed by atoms with Crippen LogP contribution in [0.2, 0.25) is 0 Å². The van der Waals surface area contributed by atoms with E-state index >= 15 is 0 Å². The summed E-state index contributed by atoms with van der Waals surface area (Å²) in [6.45, 7) is 5.87. The van der Waals surface area contributed by atoms with E-state index in [2.05, 4.69) is 47.6 Å². The van der Waals surface area contributed by atoms with Gasteiger partial charge in [-0.05, 0) is 43.2 Å². The van der Waals surface area contributed by atoms with Crippen LogP contribution in [0.3, 0.4) is 0 Å². The van der Waals surface area contributed by atoms with Gasteiger partial charge in [0.2, 0.25) is 11.4 Å². The van der Waals surface area contributed by atoms with Crippen LogP contribution in [0.15, 0.2) is 54.2 Å². The maximum Gasteiger partial charge on any atom is 0.228 e. The van der Waals surface area contributed by atoms with E-state index in [1.807, 2.05) is 30.3 Å². The van der Waals surface area contributed by atoms with E-state index in [0.29, 0.717) is 18.1 Å². The number of ether oxygens (including phenoxy) is 2. The molecule has 40 heavy (non-hydrogen) atoms. The highest BCUT2D eigenvalue weighted by atomic mass is 32.1. The zero-order chi connectivity index (χ0) is 28.4. The van der Waals surface area contributed by atoms with Crippen molar-refractivity contribution in [3.05, 3.63) is 70.2 Å². The van der Waals surface area contributed by atoms with Gasteiger partial charge in [-0.2, -0.15) is 4.57 Å². The van der Waals surface area contributed by atoms with Gasteiger partial charge in [0.15, 0.2) is 24.2 Å². The molecule has 3 rings (SSSR count). The number of aryl methyl sites for hydroxylation is 1. The Kier molecular flexibility index (Phi) is 14.6. The number of unbranched alkanes of at least 4 members (excludes halogenated alkanes) is 11. The molecule has 0 bridgehead atoms. The second-order valence-corrected chi connectivity index (χ2v) is 11.9. The quantitative estimate of drug-likeness (QED) is 0.110. The normalized spacial score (nSPS) is 11.0. The molecule has 0 saturated carbocycles. The molecule has 5 nitrogen and oxygen atoms in total. The number of nitrogens with one attached hydrogen (secondary N) is 1. The summed E-state index contributed by atoms with van der Waals surface area (Å²) in [5.74, 6) is 1.37. The Hall–Kier alpha value is -2.86. The van der Waals surface area contributed by atoms with E-state index in [-0.39, 0.29) is 12.3 Å². The van der Waals surface area contributed by atoms with Crippen LogP contribution in [0, 0.1) is 6.92 Å². The van der Waals surface area contributed by atoms with E-state index < -0.39 is 0 Å². The van der Waals surface area contributed by atoms with Crippen LogP contribution in [0.25, 0.3) is 0 Å². The number of carbonyl (C=O) groups is 1. The van der Waals surface area contributed by atoms with Gasteiger partial charge in [0, 0.05) is 11.3 Å². The number of thiazole rings is 1. The first-order valence-electron chi connectivity index (χ1n) is 15.2. The molecule has 0 saturated heterocycles. The maximum atomic E-state index is 12.7. The molecular formula is C34H49N2O3S+. The van der Waals surface area contributed by atoms with Crippen LogP contribution in [0.5, 0.6) is 11.5 Å². The number of hydrogen-bond donors (Lipinski definition) is 1. The largest absolute Gasteiger partial charge is 0.493 e. The summed E-state index contributed by atoms with van der Waals surface area (Å²) in [7, 11) is 1.65. The number of anilines is 1. The van der Waals surface area contributed by atoms with E-state index in [9.17, 15) is 4.79 Å². The number of benzene rings is 2. The molecule has 0 spiro atoms. The molecule has 0 atom stereocenters. The first kappa shape index (κ1) is 31.7. The first-order valence-corrected chi connectivity index (χ1v) is 16.1. The fraction of sp³-hybridized carbons (Fsp3) is 0.529. The third kappa shape index (κ3) is 12.1. The number of methoxy groups -OCH3 is 1. The maximum absolute atomic E-state index is 12.7. The lowest BCUT2D eigenvalue weighted by molar-refractivity contribution is -0.683. The number of carbonyl (C=O) groups excluding carboxylic acids is 1. The van der Waals surface area contributed by atoms with Crippen molar-refractivity contribution < 1.29 is 18.8 Å². The molecule has 0 aliphatic carbocycles. The number of nitrogens with zero attached hydrogens (tertiary/aromatic N) is 1. The Bertz CT molecular complexity index is 1130. The standard InChI is InChI=1S/C34H48N2O3S/c1-4-5-6-7-8-9-10-11-12-13-14-15-22-39-33-23-30(18-21-32(33)38-3)24-34(37)35-31-19-16-29(17-20-31)26-36-25-28(2)40-27-36/h16-21,23,25,27H,4-15,22,24,26H2,1-3H3/p+1. The van der Waals surface area contributed by atoms with Crippen molar-refractivity contribution in [1.29, 1.82) is 0 Å². The molecule has 218 valence electrons. The Morgan fingerprint density at radius 3 is 2.05 bits per heavy atom. The van der Waals surface area contributed by atoms with Crippen molar-refractivity contribution in [1.82, 2.24) is 0 Å². The minimum absolute atomic E-state index is 0.0485.